The van der Waals surface area contributed by atoms with Gasteiger partial charge in [-0.15, -0.1) is 11.3 Å². The molecule has 0 amide bonds. The molecule has 0 aliphatic rings. The molecular formula is C15H18FNO2S. The molecule has 2 aromatic rings. The van der Waals surface area contributed by atoms with E-state index in [2.05, 4.69) is 5.32 Å². The number of anilines is 1. The zero-order valence-corrected chi connectivity index (χ0v) is 12.1. The Labute approximate surface area is 122 Å². The number of halogens is 1. The average molecular weight is 295 g/mol. The van der Waals surface area contributed by atoms with E-state index in [-0.39, 0.29) is 19.0 Å². The molecule has 1 unspecified atom stereocenters. The molecule has 0 radical (unpaired) electrons. The molecule has 1 aromatic heterocycles. The molecular weight excluding hydrogens is 277 g/mol. The Morgan fingerprint density at radius 2 is 2.25 bits per heavy atom. The van der Waals surface area contributed by atoms with Gasteiger partial charge in [0.15, 0.2) is 0 Å². The number of benzene rings is 1. The molecule has 0 aliphatic heterocycles. The first-order chi connectivity index (χ1) is 9.65. The summed E-state index contributed by atoms with van der Waals surface area (Å²) in [6.07, 6.45) is -0.671. The van der Waals surface area contributed by atoms with E-state index in [4.69, 9.17) is 4.74 Å². The zero-order chi connectivity index (χ0) is 14.4. The number of rotatable bonds is 7. The van der Waals surface area contributed by atoms with Gasteiger partial charge in [0.1, 0.15) is 5.82 Å². The van der Waals surface area contributed by atoms with Crippen molar-refractivity contribution < 1.29 is 14.2 Å². The van der Waals surface area contributed by atoms with Gasteiger partial charge in [-0.1, -0.05) is 12.1 Å². The van der Waals surface area contributed by atoms with Crippen LogP contribution in [0.2, 0.25) is 0 Å². The van der Waals surface area contributed by atoms with Crippen LogP contribution in [0, 0.1) is 12.7 Å². The molecule has 0 bridgehead atoms. The largest absolute Gasteiger partial charge is 0.389 e. The van der Waals surface area contributed by atoms with Crippen LogP contribution >= 0.6 is 11.3 Å². The lowest BCUT2D eigenvalue weighted by Crippen LogP contribution is -2.25. The molecule has 3 nitrogen and oxygen atoms in total. The summed E-state index contributed by atoms with van der Waals surface area (Å²) in [5.41, 5.74) is 1.26. The van der Waals surface area contributed by atoms with Crippen LogP contribution in [0.15, 0.2) is 35.7 Å². The van der Waals surface area contributed by atoms with E-state index in [1.54, 1.807) is 17.4 Å². The second-order valence-electron chi connectivity index (χ2n) is 4.61. The van der Waals surface area contributed by atoms with Crippen molar-refractivity contribution in [1.29, 1.82) is 0 Å². The molecule has 108 valence electrons. The van der Waals surface area contributed by atoms with Gasteiger partial charge in [-0.2, -0.15) is 0 Å². The van der Waals surface area contributed by atoms with Gasteiger partial charge in [0.05, 0.1) is 25.0 Å². The summed E-state index contributed by atoms with van der Waals surface area (Å²) in [4.78, 5) is 1.12. The van der Waals surface area contributed by atoms with Crippen molar-refractivity contribution in [3.05, 3.63) is 52.0 Å². The number of aliphatic hydroxyl groups excluding tert-OH is 1. The van der Waals surface area contributed by atoms with Gasteiger partial charge in [-0.05, 0) is 36.1 Å². The lowest BCUT2D eigenvalue weighted by atomic mass is 10.2. The van der Waals surface area contributed by atoms with E-state index >= 15 is 0 Å². The maximum absolute atomic E-state index is 13.6. The molecule has 2 rings (SSSR count). The molecule has 20 heavy (non-hydrogen) atoms. The van der Waals surface area contributed by atoms with Gasteiger partial charge in [-0.3, -0.25) is 0 Å². The maximum Gasteiger partial charge on any atom is 0.146 e. The molecule has 0 spiro atoms. The smallest absolute Gasteiger partial charge is 0.146 e. The summed E-state index contributed by atoms with van der Waals surface area (Å²) in [6.45, 7) is 2.80. The summed E-state index contributed by atoms with van der Waals surface area (Å²) < 4.78 is 19.0. The molecule has 0 saturated heterocycles. The third kappa shape index (κ3) is 4.59. The van der Waals surface area contributed by atoms with Crippen molar-refractivity contribution in [2.75, 3.05) is 18.5 Å². The Balaban J connectivity index is 1.70. The summed E-state index contributed by atoms with van der Waals surface area (Å²) in [7, 11) is 0. The van der Waals surface area contributed by atoms with E-state index in [1.807, 2.05) is 30.5 Å². The van der Waals surface area contributed by atoms with Gasteiger partial charge in [0.2, 0.25) is 0 Å². The van der Waals surface area contributed by atoms with E-state index < -0.39 is 6.10 Å². The van der Waals surface area contributed by atoms with Crippen molar-refractivity contribution in [2.24, 2.45) is 0 Å². The second kappa shape index (κ2) is 7.38. The fourth-order valence-electron chi connectivity index (χ4n) is 1.74. The Morgan fingerprint density at radius 1 is 1.40 bits per heavy atom. The topological polar surface area (TPSA) is 41.5 Å². The monoisotopic (exact) mass is 295 g/mol. The Hall–Kier alpha value is -1.43. The van der Waals surface area contributed by atoms with E-state index in [0.29, 0.717) is 12.3 Å². The van der Waals surface area contributed by atoms with Crippen molar-refractivity contribution in [3.63, 3.8) is 0 Å². The van der Waals surface area contributed by atoms with Gasteiger partial charge in [-0.25, -0.2) is 4.39 Å². The first-order valence-corrected chi connectivity index (χ1v) is 7.31. The van der Waals surface area contributed by atoms with Crippen molar-refractivity contribution in [2.45, 2.75) is 19.6 Å². The van der Waals surface area contributed by atoms with Crippen LogP contribution in [-0.4, -0.2) is 24.4 Å². The summed E-state index contributed by atoms with van der Waals surface area (Å²) >= 11 is 1.62. The highest BCUT2D eigenvalue weighted by Crippen LogP contribution is 2.15. The summed E-state index contributed by atoms with van der Waals surface area (Å²) in [5, 5.41) is 14.6. The quantitative estimate of drug-likeness (QED) is 0.824. The van der Waals surface area contributed by atoms with Crippen LogP contribution in [0.3, 0.4) is 0 Å². The second-order valence-corrected chi connectivity index (χ2v) is 5.64. The fraction of sp³-hybridized carbons (Fsp3) is 0.333. The lowest BCUT2D eigenvalue weighted by molar-refractivity contribution is 0.0358. The molecule has 2 N–H and O–H groups in total. The number of aliphatic hydroxyl groups is 1. The number of nitrogens with one attached hydrogen (secondary N) is 1. The van der Waals surface area contributed by atoms with Gasteiger partial charge < -0.3 is 15.2 Å². The fourth-order valence-corrected chi connectivity index (χ4v) is 2.38. The molecule has 1 heterocycles. The molecule has 5 heteroatoms. The lowest BCUT2D eigenvalue weighted by Gasteiger charge is -2.13. The van der Waals surface area contributed by atoms with Crippen LogP contribution < -0.4 is 5.32 Å². The first-order valence-electron chi connectivity index (χ1n) is 6.43. The van der Waals surface area contributed by atoms with Crippen LogP contribution in [-0.2, 0) is 11.3 Å². The highest BCUT2D eigenvalue weighted by Gasteiger charge is 2.07. The summed E-state index contributed by atoms with van der Waals surface area (Å²) in [5.74, 6) is -0.309. The predicted molar refractivity (Wildman–Crippen MR) is 79.6 cm³/mol. The standard InChI is InChI=1S/C15H18FNO2S/c1-11-4-5-15(14(16)7-11)17-8-12(18)9-19-10-13-3-2-6-20-13/h2-7,12,17-18H,8-10H2,1H3. The summed E-state index contributed by atoms with van der Waals surface area (Å²) in [6, 6.07) is 8.90. The molecule has 1 aromatic carbocycles. The molecule has 1 atom stereocenters. The number of thiophene rings is 1. The first kappa shape index (κ1) is 15.0. The number of aryl methyl sites for hydroxylation is 1. The minimum atomic E-state index is -0.671. The van der Waals surface area contributed by atoms with Crippen LogP contribution in [0.4, 0.5) is 10.1 Å². The van der Waals surface area contributed by atoms with Crippen molar-refractivity contribution in [1.82, 2.24) is 0 Å². The zero-order valence-electron chi connectivity index (χ0n) is 11.3. The average Bonchev–Trinajstić information content (AvgIpc) is 2.91. The van der Waals surface area contributed by atoms with Gasteiger partial charge >= 0.3 is 0 Å². The predicted octanol–water partition coefficient (Wildman–Crippen LogP) is 3.19. The normalized spacial score (nSPS) is 12.3. The number of hydrogen-bond donors (Lipinski definition) is 2. The Morgan fingerprint density at radius 3 is 2.95 bits per heavy atom. The third-order valence-electron chi connectivity index (χ3n) is 2.79. The van der Waals surface area contributed by atoms with Crippen molar-refractivity contribution in [3.8, 4) is 0 Å². The van der Waals surface area contributed by atoms with Crippen LogP contribution in [0.25, 0.3) is 0 Å². The van der Waals surface area contributed by atoms with Gasteiger partial charge in [0.25, 0.3) is 0 Å². The van der Waals surface area contributed by atoms with Crippen molar-refractivity contribution >= 4 is 17.0 Å². The highest BCUT2D eigenvalue weighted by atomic mass is 32.1. The minimum absolute atomic E-state index is 0.221. The van der Waals surface area contributed by atoms with E-state index in [0.717, 1.165) is 10.4 Å². The third-order valence-corrected chi connectivity index (χ3v) is 3.64. The number of hydrogen-bond acceptors (Lipinski definition) is 4. The number of ether oxygens (including phenoxy) is 1. The molecule has 0 saturated carbocycles. The highest BCUT2D eigenvalue weighted by molar-refractivity contribution is 7.09. The molecule has 0 aliphatic carbocycles. The van der Waals surface area contributed by atoms with Crippen LogP contribution in [0.1, 0.15) is 10.4 Å². The van der Waals surface area contributed by atoms with E-state index in [9.17, 15) is 9.50 Å². The Kier molecular flexibility index (Phi) is 5.52. The SMILES string of the molecule is Cc1ccc(NCC(O)COCc2cccs2)c(F)c1. The molecule has 0 fully saturated rings. The van der Waals surface area contributed by atoms with E-state index in [1.165, 1.54) is 6.07 Å². The van der Waals surface area contributed by atoms with Crippen LogP contribution in [0.5, 0.6) is 0 Å². The Bertz CT molecular complexity index is 531. The minimum Gasteiger partial charge on any atom is -0.389 e. The van der Waals surface area contributed by atoms with Gasteiger partial charge in [0, 0.05) is 11.4 Å². The maximum atomic E-state index is 13.6.